The third-order valence-electron chi connectivity index (χ3n) is 2.32. The van der Waals surface area contributed by atoms with Crippen LogP contribution in [0.2, 0.25) is 0 Å². The maximum absolute atomic E-state index is 11.5. The molecule has 1 aliphatic rings. The number of ether oxygens (including phenoxy) is 2. The lowest BCUT2D eigenvalue weighted by Crippen LogP contribution is -2.28. The first-order valence-electron chi connectivity index (χ1n) is 4.87. The van der Waals surface area contributed by atoms with Crippen molar-refractivity contribution in [2.45, 2.75) is 12.5 Å². The number of rotatable bonds is 3. The predicted octanol–water partition coefficient (Wildman–Crippen LogP) is 0.00320. The largest absolute Gasteiger partial charge is 0.466 e. The molecule has 92 valence electrons. The zero-order valence-electron chi connectivity index (χ0n) is 9.63. The zero-order chi connectivity index (χ0) is 13.0. The summed E-state index contributed by atoms with van der Waals surface area (Å²) in [5.74, 6) is -1.76. The predicted molar refractivity (Wildman–Crippen MR) is 57.6 cm³/mol. The molecule has 0 aromatic heterocycles. The van der Waals surface area contributed by atoms with Crippen molar-refractivity contribution in [3.63, 3.8) is 0 Å². The van der Waals surface area contributed by atoms with Gasteiger partial charge in [0.15, 0.2) is 6.10 Å². The minimum atomic E-state index is -0.859. The Bertz CT molecular complexity index is 399. The van der Waals surface area contributed by atoms with Gasteiger partial charge in [-0.1, -0.05) is 6.58 Å². The molecule has 1 rings (SSSR count). The summed E-state index contributed by atoms with van der Waals surface area (Å²) < 4.78 is 9.18. The Morgan fingerprint density at radius 3 is 2.47 bits per heavy atom. The van der Waals surface area contributed by atoms with Crippen molar-refractivity contribution in [2.75, 3.05) is 14.2 Å². The average Bonchev–Trinajstić information content (AvgIpc) is 2.54. The fraction of sp³-hybridized carbons (Fsp3) is 0.364. The van der Waals surface area contributed by atoms with Crippen LogP contribution in [0.3, 0.4) is 0 Å². The van der Waals surface area contributed by atoms with Crippen molar-refractivity contribution in [1.82, 2.24) is 4.90 Å². The van der Waals surface area contributed by atoms with Gasteiger partial charge in [-0.25, -0.2) is 9.59 Å². The van der Waals surface area contributed by atoms with E-state index < -0.39 is 18.0 Å². The Morgan fingerprint density at radius 1 is 1.41 bits per heavy atom. The summed E-state index contributed by atoms with van der Waals surface area (Å²) in [6.45, 7) is 3.65. The summed E-state index contributed by atoms with van der Waals surface area (Å²) in [5, 5.41) is 0. The van der Waals surface area contributed by atoms with Gasteiger partial charge in [0.2, 0.25) is 0 Å². The number of likely N-dealkylation sites (N-methyl/N-ethyl adjacent to an activating group) is 1. The van der Waals surface area contributed by atoms with Crippen molar-refractivity contribution in [1.29, 1.82) is 0 Å². The van der Waals surface area contributed by atoms with Gasteiger partial charge in [0, 0.05) is 31.3 Å². The first kappa shape index (κ1) is 13.0. The van der Waals surface area contributed by atoms with E-state index in [-0.39, 0.29) is 12.3 Å². The van der Waals surface area contributed by atoms with Crippen LogP contribution in [0, 0.1) is 0 Å². The van der Waals surface area contributed by atoms with Gasteiger partial charge >= 0.3 is 11.9 Å². The first-order valence-corrected chi connectivity index (χ1v) is 4.87. The van der Waals surface area contributed by atoms with Gasteiger partial charge < -0.3 is 14.4 Å². The smallest absolute Gasteiger partial charge is 0.331 e. The standard InChI is InChI=1S/C11H13NO5/c1-7-6-8(11(15)12(7)2)17-10(14)5-4-9(13)16-3/h4-5,8H,1,6H2,2-3H3/b5-4+. The van der Waals surface area contributed by atoms with Gasteiger partial charge in [-0.05, 0) is 0 Å². The van der Waals surface area contributed by atoms with Gasteiger partial charge in [-0.15, -0.1) is 0 Å². The molecule has 6 heteroatoms. The third-order valence-corrected chi connectivity index (χ3v) is 2.32. The molecule has 1 atom stereocenters. The van der Waals surface area contributed by atoms with Gasteiger partial charge in [-0.2, -0.15) is 0 Å². The maximum Gasteiger partial charge on any atom is 0.331 e. The van der Waals surface area contributed by atoms with E-state index in [4.69, 9.17) is 4.74 Å². The molecule has 0 N–H and O–H groups in total. The zero-order valence-corrected chi connectivity index (χ0v) is 9.63. The fourth-order valence-corrected chi connectivity index (χ4v) is 1.29. The topological polar surface area (TPSA) is 72.9 Å². The van der Waals surface area contributed by atoms with E-state index in [9.17, 15) is 14.4 Å². The first-order chi connectivity index (χ1) is 7.95. The number of carbonyl (C=O) groups is 3. The molecule has 0 bridgehead atoms. The van der Waals surface area contributed by atoms with Crippen molar-refractivity contribution < 1.29 is 23.9 Å². The Labute approximate surface area is 98.5 Å². The van der Waals surface area contributed by atoms with Crippen molar-refractivity contribution in [2.24, 2.45) is 0 Å². The normalized spacial score (nSPS) is 19.9. The molecule has 0 aromatic rings. The highest BCUT2D eigenvalue weighted by Gasteiger charge is 2.34. The van der Waals surface area contributed by atoms with E-state index in [2.05, 4.69) is 11.3 Å². The molecule has 1 amide bonds. The molecule has 0 aromatic carbocycles. The van der Waals surface area contributed by atoms with Crippen LogP contribution in [0.15, 0.2) is 24.4 Å². The molecule has 1 unspecified atom stereocenters. The lowest BCUT2D eigenvalue weighted by atomic mass is 10.3. The number of hydrogen-bond acceptors (Lipinski definition) is 5. The molecule has 1 aliphatic heterocycles. The van der Waals surface area contributed by atoms with Crippen LogP contribution in [0.4, 0.5) is 0 Å². The minimum Gasteiger partial charge on any atom is -0.466 e. The molecule has 0 radical (unpaired) electrons. The average molecular weight is 239 g/mol. The van der Waals surface area contributed by atoms with E-state index in [1.807, 2.05) is 0 Å². The second-order valence-electron chi connectivity index (χ2n) is 3.45. The highest BCUT2D eigenvalue weighted by Crippen LogP contribution is 2.21. The Balaban J connectivity index is 2.53. The van der Waals surface area contributed by atoms with E-state index in [0.717, 1.165) is 12.2 Å². The fourth-order valence-electron chi connectivity index (χ4n) is 1.29. The number of hydrogen-bond donors (Lipinski definition) is 0. The summed E-state index contributed by atoms with van der Waals surface area (Å²) in [4.78, 5) is 34.8. The lowest BCUT2D eigenvalue weighted by Gasteiger charge is -2.09. The van der Waals surface area contributed by atoms with Gasteiger partial charge in [-0.3, -0.25) is 4.79 Å². The van der Waals surface area contributed by atoms with Crippen LogP contribution in [-0.4, -0.2) is 43.0 Å². The van der Waals surface area contributed by atoms with Crippen LogP contribution in [0.5, 0.6) is 0 Å². The number of esters is 2. The Kier molecular flexibility index (Phi) is 4.03. The lowest BCUT2D eigenvalue weighted by molar-refractivity contribution is -0.151. The molecule has 0 aliphatic carbocycles. The van der Waals surface area contributed by atoms with Gasteiger partial charge in [0.25, 0.3) is 5.91 Å². The molecule has 17 heavy (non-hydrogen) atoms. The monoisotopic (exact) mass is 239 g/mol. The van der Waals surface area contributed by atoms with Gasteiger partial charge in [0.05, 0.1) is 7.11 Å². The van der Waals surface area contributed by atoms with Crippen LogP contribution >= 0.6 is 0 Å². The number of amides is 1. The molecule has 1 heterocycles. The summed E-state index contributed by atoms with van der Waals surface area (Å²) in [5.41, 5.74) is 0.588. The molecule has 0 spiro atoms. The second kappa shape index (κ2) is 5.29. The summed E-state index contributed by atoms with van der Waals surface area (Å²) in [7, 11) is 2.75. The van der Waals surface area contributed by atoms with E-state index in [0.29, 0.717) is 5.70 Å². The van der Waals surface area contributed by atoms with Crippen molar-refractivity contribution in [3.8, 4) is 0 Å². The minimum absolute atomic E-state index is 0.271. The highest BCUT2D eigenvalue weighted by atomic mass is 16.5. The summed E-state index contributed by atoms with van der Waals surface area (Å²) >= 11 is 0. The molecule has 1 saturated heterocycles. The Morgan fingerprint density at radius 2 is 2.00 bits per heavy atom. The summed E-state index contributed by atoms with van der Waals surface area (Å²) in [6, 6.07) is 0. The number of methoxy groups -OCH3 is 1. The quantitative estimate of drug-likeness (QED) is 0.512. The third kappa shape index (κ3) is 3.17. The van der Waals surface area contributed by atoms with Gasteiger partial charge in [0.1, 0.15) is 0 Å². The number of likely N-dealkylation sites (tertiary alicyclic amines) is 1. The van der Waals surface area contributed by atoms with E-state index >= 15 is 0 Å². The van der Waals surface area contributed by atoms with Crippen LogP contribution < -0.4 is 0 Å². The van der Waals surface area contributed by atoms with E-state index in [1.54, 1.807) is 7.05 Å². The Hall–Kier alpha value is -2.11. The van der Waals surface area contributed by atoms with Crippen LogP contribution in [0.25, 0.3) is 0 Å². The number of nitrogens with zero attached hydrogens (tertiary/aromatic N) is 1. The van der Waals surface area contributed by atoms with Crippen LogP contribution in [0.1, 0.15) is 6.42 Å². The van der Waals surface area contributed by atoms with Crippen LogP contribution in [-0.2, 0) is 23.9 Å². The molecule has 0 saturated carbocycles. The van der Waals surface area contributed by atoms with Crippen molar-refractivity contribution >= 4 is 17.8 Å². The van der Waals surface area contributed by atoms with E-state index in [1.165, 1.54) is 12.0 Å². The maximum atomic E-state index is 11.5. The molecule has 1 fully saturated rings. The summed E-state index contributed by atoms with van der Waals surface area (Å²) in [6.07, 6.45) is 1.26. The number of carbonyl (C=O) groups excluding carboxylic acids is 3. The SMILES string of the molecule is C=C1CC(OC(=O)/C=C/C(=O)OC)C(=O)N1C. The molecule has 6 nitrogen and oxygen atoms in total. The molecular weight excluding hydrogens is 226 g/mol. The molecular formula is C11H13NO5. The highest BCUT2D eigenvalue weighted by molar-refractivity contribution is 5.94. The van der Waals surface area contributed by atoms with Crippen molar-refractivity contribution in [3.05, 3.63) is 24.4 Å². The second-order valence-corrected chi connectivity index (χ2v) is 3.45.